The minimum atomic E-state index is -3.79. The first-order valence-electron chi connectivity index (χ1n) is 6.56. The number of aromatic nitrogens is 2. The van der Waals surface area contributed by atoms with Crippen molar-refractivity contribution in [2.24, 2.45) is 0 Å². The predicted octanol–water partition coefficient (Wildman–Crippen LogP) is 2.23. The number of nitrogens with one attached hydrogen (secondary N) is 1. The quantitative estimate of drug-likeness (QED) is 0.670. The van der Waals surface area contributed by atoms with Crippen LogP contribution in [0.25, 0.3) is 0 Å². The molecular formula is C13H16N4O4S. The zero-order valence-electron chi connectivity index (χ0n) is 12.4. The number of benzene rings is 1. The molecule has 0 aliphatic heterocycles. The fourth-order valence-electron chi connectivity index (χ4n) is 2.00. The van der Waals surface area contributed by atoms with Gasteiger partial charge >= 0.3 is 0 Å². The summed E-state index contributed by atoms with van der Waals surface area (Å²) in [5.41, 5.74) is 1.08. The Kier molecular flexibility index (Phi) is 4.18. The Labute approximate surface area is 128 Å². The van der Waals surface area contributed by atoms with Gasteiger partial charge in [0.05, 0.1) is 16.3 Å². The van der Waals surface area contributed by atoms with E-state index in [2.05, 4.69) is 9.82 Å². The minimum absolute atomic E-state index is 0.0876. The number of non-ortho nitro benzene ring substituents is 1. The van der Waals surface area contributed by atoms with Gasteiger partial charge < -0.3 is 0 Å². The molecule has 1 aromatic carbocycles. The molecule has 0 unspecified atom stereocenters. The van der Waals surface area contributed by atoms with Crippen LogP contribution in [0.5, 0.6) is 0 Å². The van der Waals surface area contributed by atoms with E-state index >= 15 is 0 Å². The molecule has 0 fully saturated rings. The Morgan fingerprint density at radius 2 is 2.05 bits per heavy atom. The maximum absolute atomic E-state index is 12.4. The summed E-state index contributed by atoms with van der Waals surface area (Å²) in [5, 5.41) is 14.8. The SMILES string of the molecule is CCn1cc(S(=O)(=O)Nc2ccc([N+](=O)[O-])cc2C)c(C)n1. The van der Waals surface area contributed by atoms with E-state index in [1.165, 1.54) is 29.1 Å². The van der Waals surface area contributed by atoms with Crippen molar-refractivity contribution in [1.29, 1.82) is 0 Å². The first kappa shape index (κ1) is 16.0. The van der Waals surface area contributed by atoms with Crippen LogP contribution < -0.4 is 4.72 Å². The summed E-state index contributed by atoms with van der Waals surface area (Å²) < 4.78 is 28.8. The third-order valence-corrected chi connectivity index (χ3v) is 4.65. The number of anilines is 1. The Hall–Kier alpha value is -2.42. The van der Waals surface area contributed by atoms with E-state index in [9.17, 15) is 18.5 Å². The van der Waals surface area contributed by atoms with Crippen molar-refractivity contribution in [2.45, 2.75) is 32.2 Å². The van der Waals surface area contributed by atoms with Crippen LogP contribution in [0, 0.1) is 24.0 Å². The Balaban J connectivity index is 2.36. The molecule has 0 spiro atoms. The van der Waals surface area contributed by atoms with E-state index in [4.69, 9.17) is 0 Å². The number of nitro groups is 1. The van der Waals surface area contributed by atoms with Crippen LogP contribution in [0.3, 0.4) is 0 Å². The number of sulfonamides is 1. The molecule has 2 rings (SSSR count). The summed E-state index contributed by atoms with van der Waals surface area (Å²) >= 11 is 0. The van der Waals surface area contributed by atoms with E-state index in [1.807, 2.05) is 6.92 Å². The van der Waals surface area contributed by atoms with Crippen LogP contribution in [-0.2, 0) is 16.6 Å². The van der Waals surface area contributed by atoms with E-state index in [0.29, 0.717) is 23.5 Å². The highest BCUT2D eigenvalue weighted by Gasteiger charge is 2.21. The first-order chi connectivity index (χ1) is 10.2. The lowest BCUT2D eigenvalue weighted by Gasteiger charge is -2.09. The standard InChI is InChI=1S/C13H16N4O4S/c1-4-16-8-13(10(3)14-16)22(20,21)15-12-6-5-11(17(18)19)7-9(12)2/h5-8,15H,4H2,1-3H3. The number of nitrogens with zero attached hydrogens (tertiary/aromatic N) is 3. The summed E-state index contributed by atoms with van der Waals surface area (Å²) in [7, 11) is -3.79. The third kappa shape index (κ3) is 3.08. The molecule has 9 heteroatoms. The molecule has 0 aliphatic carbocycles. The van der Waals surface area contributed by atoms with E-state index in [0.717, 1.165) is 0 Å². The molecule has 0 radical (unpaired) electrons. The van der Waals surface area contributed by atoms with Gasteiger partial charge in [0.25, 0.3) is 15.7 Å². The summed E-state index contributed by atoms with van der Waals surface area (Å²) in [5.74, 6) is 0. The molecule has 118 valence electrons. The predicted molar refractivity (Wildman–Crippen MR) is 81.3 cm³/mol. The normalized spacial score (nSPS) is 11.4. The summed E-state index contributed by atoms with van der Waals surface area (Å²) in [4.78, 5) is 10.3. The van der Waals surface area contributed by atoms with Crippen molar-refractivity contribution in [3.05, 3.63) is 45.8 Å². The van der Waals surface area contributed by atoms with E-state index < -0.39 is 14.9 Å². The van der Waals surface area contributed by atoms with Crippen molar-refractivity contribution in [3.8, 4) is 0 Å². The van der Waals surface area contributed by atoms with Gasteiger partial charge in [-0.3, -0.25) is 19.5 Å². The molecule has 22 heavy (non-hydrogen) atoms. The second kappa shape index (κ2) is 5.76. The van der Waals surface area contributed by atoms with E-state index in [1.54, 1.807) is 13.8 Å². The molecule has 0 aliphatic rings. The molecule has 2 aromatic rings. The van der Waals surface area contributed by atoms with Crippen molar-refractivity contribution in [1.82, 2.24) is 9.78 Å². The summed E-state index contributed by atoms with van der Waals surface area (Å²) in [6.45, 7) is 5.64. The van der Waals surface area contributed by atoms with Gasteiger partial charge in [0, 0.05) is 24.9 Å². The first-order valence-corrected chi connectivity index (χ1v) is 8.05. The topological polar surface area (TPSA) is 107 Å². The van der Waals surface area contributed by atoms with Crippen molar-refractivity contribution in [2.75, 3.05) is 4.72 Å². The molecule has 0 atom stereocenters. The average molecular weight is 324 g/mol. The van der Waals surface area contributed by atoms with Gasteiger partial charge in [0.1, 0.15) is 4.90 Å². The minimum Gasteiger partial charge on any atom is -0.279 e. The molecule has 0 amide bonds. The highest BCUT2D eigenvalue weighted by atomic mass is 32.2. The van der Waals surface area contributed by atoms with Gasteiger partial charge in [-0.25, -0.2) is 8.42 Å². The number of hydrogen-bond donors (Lipinski definition) is 1. The van der Waals surface area contributed by atoms with Crippen LogP contribution >= 0.6 is 0 Å². The molecule has 8 nitrogen and oxygen atoms in total. The fourth-order valence-corrected chi connectivity index (χ4v) is 3.32. The highest BCUT2D eigenvalue weighted by molar-refractivity contribution is 7.92. The maximum Gasteiger partial charge on any atom is 0.269 e. The van der Waals surface area contributed by atoms with Crippen LogP contribution in [0.15, 0.2) is 29.3 Å². The highest BCUT2D eigenvalue weighted by Crippen LogP contribution is 2.24. The molecule has 0 saturated heterocycles. The maximum atomic E-state index is 12.4. The van der Waals surface area contributed by atoms with Gasteiger partial charge in [0.15, 0.2) is 0 Å². The lowest BCUT2D eigenvalue weighted by molar-refractivity contribution is -0.384. The van der Waals surface area contributed by atoms with Crippen LogP contribution in [0.1, 0.15) is 18.2 Å². The lowest BCUT2D eigenvalue weighted by Crippen LogP contribution is -2.14. The molecule has 0 bridgehead atoms. The van der Waals surface area contributed by atoms with E-state index in [-0.39, 0.29) is 10.6 Å². The number of hydrogen-bond acceptors (Lipinski definition) is 5. The second-order valence-corrected chi connectivity index (χ2v) is 6.45. The summed E-state index contributed by atoms with van der Waals surface area (Å²) in [6.07, 6.45) is 1.46. The van der Waals surface area contributed by atoms with Gasteiger partial charge in [-0.15, -0.1) is 0 Å². The average Bonchev–Trinajstić information content (AvgIpc) is 2.83. The van der Waals surface area contributed by atoms with Gasteiger partial charge in [-0.2, -0.15) is 5.10 Å². The Bertz CT molecular complexity index is 827. The molecule has 1 N–H and O–H groups in total. The van der Waals surface area contributed by atoms with Crippen molar-refractivity contribution >= 4 is 21.4 Å². The van der Waals surface area contributed by atoms with Crippen molar-refractivity contribution in [3.63, 3.8) is 0 Å². The largest absolute Gasteiger partial charge is 0.279 e. The smallest absolute Gasteiger partial charge is 0.269 e. The summed E-state index contributed by atoms with van der Waals surface area (Å²) in [6, 6.07) is 3.96. The van der Waals surface area contributed by atoms with Crippen LogP contribution in [0.2, 0.25) is 0 Å². The molecule has 1 aromatic heterocycles. The second-order valence-electron chi connectivity index (χ2n) is 4.80. The zero-order valence-corrected chi connectivity index (χ0v) is 13.2. The number of aryl methyl sites for hydroxylation is 3. The van der Waals surface area contributed by atoms with Gasteiger partial charge in [-0.05, 0) is 32.4 Å². The molecule has 1 heterocycles. The Morgan fingerprint density at radius 1 is 1.36 bits per heavy atom. The fraction of sp³-hybridized carbons (Fsp3) is 0.308. The number of rotatable bonds is 5. The zero-order chi connectivity index (χ0) is 16.5. The molecular weight excluding hydrogens is 308 g/mol. The van der Waals surface area contributed by atoms with Crippen LogP contribution in [0.4, 0.5) is 11.4 Å². The monoisotopic (exact) mass is 324 g/mol. The third-order valence-electron chi connectivity index (χ3n) is 3.18. The Morgan fingerprint density at radius 3 is 2.55 bits per heavy atom. The molecule has 0 saturated carbocycles. The lowest BCUT2D eigenvalue weighted by atomic mass is 10.2. The number of nitro benzene ring substituents is 1. The van der Waals surface area contributed by atoms with Crippen LogP contribution in [-0.4, -0.2) is 23.1 Å². The van der Waals surface area contributed by atoms with Crippen molar-refractivity contribution < 1.29 is 13.3 Å². The van der Waals surface area contributed by atoms with Gasteiger partial charge in [-0.1, -0.05) is 0 Å². The van der Waals surface area contributed by atoms with Gasteiger partial charge in [0.2, 0.25) is 0 Å².